The first kappa shape index (κ1) is 17.1. The summed E-state index contributed by atoms with van der Waals surface area (Å²) in [5.41, 5.74) is 4.51. The molecule has 0 aliphatic heterocycles. The smallest absolute Gasteiger partial charge is 0.416 e. The Balaban J connectivity index is 3.69. The number of benzene rings is 1. The third-order valence-electron chi connectivity index (χ3n) is 2.68. The Hall–Kier alpha value is -0.990. The molecule has 112 valence electrons. The van der Waals surface area contributed by atoms with Gasteiger partial charge in [0, 0.05) is 9.13 Å². The van der Waals surface area contributed by atoms with E-state index < -0.39 is 17.6 Å². The van der Waals surface area contributed by atoms with E-state index >= 15 is 0 Å². The van der Waals surface area contributed by atoms with Gasteiger partial charge in [0.1, 0.15) is 5.75 Å². The quantitative estimate of drug-likeness (QED) is 0.765. The lowest BCUT2D eigenvalue weighted by molar-refractivity contribution is -0.138. The summed E-state index contributed by atoms with van der Waals surface area (Å²) < 4.78 is 44.8. The van der Waals surface area contributed by atoms with Gasteiger partial charge in [-0.05, 0) is 42.0 Å². The Kier molecular flexibility index (Phi) is 5.67. The highest BCUT2D eigenvalue weighted by atomic mass is 127. The van der Waals surface area contributed by atoms with E-state index in [0.717, 1.165) is 6.07 Å². The maximum Gasteiger partial charge on any atom is 0.416 e. The number of hydrogen-bond donors (Lipinski definition) is 1. The molecular weight excluding hydrogens is 386 g/mol. The van der Waals surface area contributed by atoms with E-state index in [9.17, 15) is 18.0 Å². The predicted molar refractivity (Wildman–Crippen MR) is 77.8 cm³/mol. The van der Waals surface area contributed by atoms with Crippen molar-refractivity contribution in [2.24, 2.45) is 5.73 Å². The number of carbonyl (C=O) groups excluding carboxylic acids is 1. The van der Waals surface area contributed by atoms with Crippen molar-refractivity contribution in [3.05, 3.63) is 26.3 Å². The Morgan fingerprint density at radius 3 is 2.40 bits per heavy atom. The molecule has 1 amide bonds. The van der Waals surface area contributed by atoms with E-state index in [4.69, 9.17) is 10.5 Å². The molecule has 0 atom stereocenters. The molecule has 3 nitrogen and oxygen atoms in total. The highest BCUT2D eigenvalue weighted by Gasteiger charge is 2.36. The first-order chi connectivity index (χ1) is 9.23. The van der Waals surface area contributed by atoms with Crippen LogP contribution in [-0.4, -0.2) is 12.5 Å². The lowest BCUT2D eigenvalue weighted by atomic mass is 9.97. The molecular formula is C13H15F3INO2. The van der Waals surface area contributed by atoms with Crippen LogP contribution in [0.4, 0.5) is 13.2 Å². The van der Waals surface area contributed by atoms with Gasteiger partial charge in [0.2, 0.25) is 0 Å². The molecule has 0 fully saturated rings. The highest BCUT2D eigenvalue weighted by molar-refractivity contribution is 14.1. The van der Waals surface area contributed by atoms with Crippen molar-refractivity contribution in [1.29, 1.82) is 0 Å². The van der Waals surface area contributed by atoms with E-state index in [0.29, 0.717) is 6.42 Å². The minimum Gasteiger partial charge on any atom is -0.493 e. The minimum absolute atomic E-state index is 0.00364. The normalized spacial score (nSPS) is 11.5. The molecule has 1 rings (SSSR count). The molecule has 7 heteroatoms. The number of primary amides is 1. The Morgan fingerprint density at radius 1 is 1.40 bits per heavy atom. The van der Waals surface area contributed by atoms with Crippen molar-refractivity contribution >= 4 is 28.5 Å². The molecule has 0 saturated carbocycles. The lowest BCUT2D eigenvalue weighted by Gasteiger charge is -2.20. The number of ether oxygens (including phenoxy) is 1. The van der Waals surface area contributed by atoms with Crippen molar-refractivity contribution in [1.82, 2.24) is 0 Å². The van der Waals surface area contributed by atoms with Crippen LogP contribution in [-0.2, 0) is 12.6 Å². The van der Waals surface area contributed by atoms with Gasteiger partial charge in [-0.2, -0.15) is 13.2 Å². The van der Waals surface area contributed by atoms with Gasteiger partial charge in [0.25, 0.3) is 5.91 Å². The molecule has 0 aromatic heterocycles. The molecule has 0 radical (unpaired) electrons. The maximum absolute atomic E-state index is 13.1. The number of rotatable bonds is 5. The van der Waals surface area contributed by atoms with Crippen molar-refractivity contribution in [3.8, 4) is 5.75 Å². The van der Waals surface area contributed by atoms with Crippen LogP contribution in [0.15, 0.2) is 6.07 Å². The molecule has 0 heterocycles. The van der Waals surface area contributed by atoms with E-state index in [1.165, 1.54) is 0 Å². The van der Waals surface area contributed by atoms with Crippen LogP contribution in [0, 0.1) is 3.57 Å². The van der Waals surface area contributed by atoms with Gasteiger partial charge in [-0.15, -0.1) is 0 Å². The molecule has 1 aromatic carbocycles. The second kappa shape index (κ2) is 6.64. The summed E-state index contributed by atoms with van der Waals surface area (Å²) >= 11 is 1.67. The van der Waals surface area contributed by atoms with Crippen molar-refractivity contribution in [2.45, 2.75) is 32.9 Å². The number of amides is 1. The van der Waals surface area contributed by atoms with E-state index in [1.807, 2.05) is 0 Å². The van der Waals surface area contributed by atoms with Crippen molar-refractivity contribution in [3.63, 3.8) is 0 Å². The second-order valence-corrected chi connectivity index (χ2v) is 5.30. The third kappa shape index (κ3) is 3.56. The van der Waals surface area contributed by atoms with Gasteiger partial charge in [-0.1, -0.05) is 13.3 Å². The predicted octanol–water partition coefficient (Wildman–Crippen LogP) is 3.76. The van der Waals surface area contributed by atoms with Gasteiger partial charge >= 0.3 is 6.18 Å². The van der Waals surface area contributed by atoms with Crippen LogP contribution in [0.1, 0.15) is 41.8 Å². The van der Waals surface area contributed by atoms with Crippen LogP contribution in [0.5, 0.6) is 5.75 Å². The van der Waals surface area contributed by atoms with E-state index in [2.05, 4.69) is 0 Å². The molecule has 1 aromatic rings. The zero-order valence-electron chi connectivity index (χ0n) is 11.1. The number of halogens is 4. The SMILES string of the molecule is CCCc1c(C(F)(F)F)cc(I)c(C(N)=O)c1OCC. The number of carbonyl (C=O) groups is 1. The third-order valence-corrected chi connectivity index (χ3v) is 3.53. The van der Waals surface area contributed by atoms with Crippen LogP contribution in [0.2, 0.25) is 0 Å². The maximum atomic E-state index is 13.1. The van der Waals surface area contributed by atoms with Gasteiger partial charge in [0.05, 0.1) is 17.7 Å². The lowest BCUT2D eigenvalue weighted by Crippen LogP contribution is -2.19. The zero-order chi connectivity index (χ0) is 15.5. The summed E-state index contributed by atoms with van der Waals surface area (Å²) in [6, 6.07) is 0.953. The summed E-state index contributed by atoms with van der Waals surface area (Å²) in [6.07, 6.45) is -3.82. The molecule has 0 aliphatic rings. The van der Waals surface area contributed by atoms with Gasteiger partial charge in [0.15, 0.2) is 0 Å². The van der Waals surface area contributed by atoms with Gasteiger partial charge in [-0.3, -0.25) is 4.79 Å². The summed E-state index contributed by atoms with van der Waals surface area (Å²) in [6.45, 7) is 3.57. The molecule has 0 aliphatic carbocycles. The van der Waals surface area contributed by atoms with Gasteiger partial charge < -0.3 is 10.5 Å². The number of alkyl halides is 3. The van der Waals surface area contributed by atoms with Crippen LogP contribution >= 0.6 is 22.6 Å². The van der Waals surface area contributed by atoms with Crippen LogP contribution < -0.4 is 10.5 Å². The summed E-state index contributed by atoms with van der Waals surface area (Å²) in [5, 5.41) is 0. The largest absolute Gasteiger partial charge is 0.493 e. The molecule has 0 spiro atoms. The fourth-order valence-electron chi connectivity index (χ4n) is 1.95. The van der Waals surface area contributed by atoms with Crippen molar-refractivity contribution < 1.29 is 22.7 Å². The fourth-order valence-corrected chi connectivity index (χ4v) is 2.77. The van der Waals surface area contributed by atoms with E-state index in [-0.39, 0.29) is 33.5 Å². The minimum atomic E-state index is -4.49. The molecule has 20 heavy (non-hydrogen) atoms. The number of hydrogen-bond acceptors (Lipinski definition) is 2. The Morgan fingerprint density at radius 2 is 2.00 bits per heavy atom. The number of nitrogens with two attached hydrogens (primary N) is 1. The summed E-state index contributed by atoms with van der Waals surface area (Å²) in [4.78, 5) is 11.5. The Bertz CT molecular complexity index is 515. The van der Waals surface area contributed by atoms with Crippen molar-refractivity contribution in [2.75, 3.05) is 6.61 Å². The standard InChI is InChI=1S/C13H15F3INO2/c1-3-5-7-8(13(14,15)16)6-9(17)10(12(18)19)11(7)20-4-2/h6H,3-5H2,1-2H3,(H2,18,19). The fraction of sp³-hybridized carbons (Fsp3) is 0.462. The zero-order valence-corrected chi connectivity index (χ0v) is 13.3. The first-order valence-electron chi connectivity index (χ1n) is 6.09. The van der Waals surface area contributed by atoms with E-state index in [1.54, 1.807) is 36.4 Å². The summed E-state index contributed by atoms with van der Waals surface area (Å²) in [5.74, 6) is -0.829. The Labute approximate surface area is 128 Å². The first-order valence-corrected chi connectivity index (χ1v) is 7.17. The van der Waals surface area contributed by atoms with Gasteiger partial charge in [-0.25, -0.2) is 0 Å². The molecule has 0 saturated heterocycles. The monoisotopic (exact) mass is 401 g/mol. The average Bonchev–Trinajstić information content (AvgIpc) is 2.30. The molecule has 0 unspecified atom stereocenters. The summed E-state index contributed by atoms with van der Waals surface area (Å²) in [7, 11) is 0. The second-order valence-electron chi connectivity index (χ2n) is 4.13. The van der Waals surface area contributed by atoms with Crippen LogP contribution in [0.3, 0.4) is 0 Å². The molecule has 0 bridgehead atoms. The highest BCUT2D eigenvalue weighted by Crippen LogP contribution is 2.40. The topological polar surface area (TPSA) is 52.3 Å². The average molecular weight is 401 g/mol. The molecule has 2 N–H and O–H groups in total. The van der Waals surface area contributed by atoms with Crippen LogP contribution in [0.25, 0.3) is 0 Å².